The third-order valence-corrected chi connectivity index (χ3v) is 6.79. The van der Waals surface area contributed by atoms with E-state index >= 15 is 0 Å². The Hall–Kier alpha value is -2.25. The average Bonchev–Trinajstić information content (AvgIpc) is 2.80. The van der Waals surface area contributed by atoms with Crippen LogP contribution in [0, 0.1) is 10.1 Å². The number of anilines is 1. The molecule has 0 saturated carbocycles. The van der Waals surface area contributed by atoms with Crippen LogP contribution in [-0.2, 0) is 5.41 Å². The molecule has 2 heterocycles. The summed E-state index contributed by atoms with van der Waals surface area (Å²) >= 11 is 9.72. The Morgan fingerprint density at radius 2 is 2.04 bits per heavy atom. The lowest BCUT2D eigenvalue weighted by molar-refractivity contribution is -0.386. The number of hydrogen-bond acceptors (Lipinski definition) is 5. The Bertz CT molecular complexity index is 1050. The summed E-state index contributed by atoms with van der Waals surface area (Å²) in [4.78, 5) is 13.3. The Kier molecular flexibility index (Phi) is 4.17. The summed E-state index contributed by atoms with van der Waals surface area (Å²) in [6.07, 6.45) is 3.79. The van der Waals surface area contributed by atoms with Gasteiger partial charge < -0.3 is 14.4 Å². The topological polar surface area (TPSA) is 64.8 Å². The maximum Gasteiger partial charge on any atom is 0.315 e. The van der Waals surface area contributed by atoms with E-state index in [2.05, 4.69) is 15.9 Å². The summed E-state index contributed by atoms with van der Waals surface area (Å²) in [6.45, 7) is 4.09. The summed E-state index contributed by atoms with van der Waals surface area (Å²) in [5.74, 6) is 0.586. The van der Waals surface area contributed by atoms with Crippen molar-refractivity contribution >= 4 is 45.0 Å². The van der Waals surface area contributed by atoms with Crippen LogP contribution in [0.5, 0.6) is 11.5 Å². The van der Waals surface area contributed by atoms with Crippen molar-refractivity contribution in [1.29, 1.82) is 0 Å². The van der Waals surface area contributed by atoms with E-state index in [1.165, 1.54) is 13.2 Å². The van der Waals surface area contributed by atoms with E-state index in [-0.39, 0.29) is 11.4 Å². The third-order valence-electron chi connectivity index (χ3n) is 5.74. The minimum atomic E-state index is -0.939. The average molecular weight is 466 g/mol. The molecule has 2 aliphatic rings. The van der Waals surface area contributed by atoms with Gasteiger partial charge in [0.1, 0.15) is 5.75 Å². The molecule has 2 aromatic rings. The molecule has 1 spiro atoms. The summed E-state index contributed by atoms with van der Waals surface area (Å²) < 4.78 is 12.4. The molecule has 0 aliphatic carbocycles. The van der Waals surface area contributed by atoms with Crippen LogP contribution in [-0.4, -0.2) is 24.8 Å². The van der Waals surface area contributed by atoms with E-state index in [1.807, 2.05) is 56.1 Å². The second-order valence-electron chi connectivity index (χ2n) is 7.39. The highest BCUT2D eigenvalue weighted by molar-refractivity contribution is 9.10. The predicted molar refractivity (Wildman–Crippen MR) is 113 cm³/mol. The second kappa shape index (κ2) is 6.12. The molecule has 2 aromatic carbocycles. The number of methoxy groups -OCH3 is 1. The minimum absolute atomic E-state index is 0.142. The van der Waals surface area contributed by atoms with Crippen molar-refractivity contribution in [2.24, 2.45) is 0 Å². The number of ether oxygens (including phenoxy) is 2. The summed E-state index contributed by atoms with van der Waals surface area (Å²) in [5, 5.41) is 12.4. The molecule has 0 aromatic heterocycles. The van der Waals surface area contributed by atoms with E-state index in [4.69, 9.17) is 21.1 Å². The normalized spacial score (nSPS) is 21.3. The maximum absolute atomic E-state index is 11.8. The first-order valence-electron chi connectivity index (χ1n) is 8.61. The van der Waals surface area contributed by atoms with E-state index in [9.17, 15) is 10.1 Å². The van der Waals surface area contributed by atoms with E-state index in [0.717, 1.165) is 11.3 Å². The molecular weight excluding hydrogens is 448 g/mol. The fraction of sp³-hybridized carbons (Fsp3) is 0.300. The van der Waals surface area contributed by atoms with Gasteiger partial charge in [-0.05, 0) is 65.7 Å². The lowest BCUT2D eigenvalue weighted by atomic mass is 9.76. The molecule has 28 heavy (non-hydrogen) atoms. The van der Waals surface area contributed by atoms with E-state index < -0.39 is 16.1 Å². The SMILES string of the molecule is COc1cc([N+](=O)[O-])c2c(c1Br)C=CC1(O2)N(C)c2ccc(Cl)cc2C1(C)C. The highest BCUT2D eigenvalue weighted by Crippen LogP contribution is 2.57. The molecule has 0 fully saturated rings. The number of likely N-dealkylation sites (N-methyl/N-ethyl adjacent to an activating group) is 1. The number of rotatable bonds is 2. The zero-order valence-corrected chi connectivity index (χ0v) is 18.1. The molecule has 8 heteroatoms. The zero-order chi connectivity index (χ0) is 20.4. The summed E-state index contributed by atoms with van der Waals surface area (Å²) in [7, 11) is 3.39. The summed E-state index contributed by atoms with van der Waals surface area (Å²) in [6, 6.07) is 7.07. The Labute approximate surface area is 176 Å². The molecular formula is C20H18BrClN2O4. The van der Waals surface area contributed by atoms with Crippen molar-refractivity contribution in [3.8, 4) is 11.5 Å². The van der Waals surface area contributed by atoms with Gasteiger partial charge in [0.05, 0.1) is 28.0 Å². The van der Waals surface area contributed by atoms with Gasteiger partial charge in [-0.25, -0.2) is 0 Å². The first-order chi connectivity index (χ1) is 13.1. The Morgan fingerprint density at radius 1 is 1.32 bits per heavy atom. The van der Waals surface area contributed by atoms with Gasteiger partial charge in [-0.2, -0.15) is 0 Å². The summed E-state index contributed by atoms with van der Waals surface area (Å²) in [5.41, 5.74) is 0.970. The molecule has 0 bridgehead atoms. The molecule has 0 saturated heterocycles. The van der Waals surface area contributed by atoms with Crippen LogP contribution >= 0.6 is 27.5 Å². The highest BCUT2D eigenvalue weighted by atomic mass is 79.9. The first kappa shape index (κ1) is 19.1. The number of fused-ring (bicyclic) bond motifs is 2. The van der Waals surface area contributed by atoms with Crippen molar-refractivity contribution in [2.75, 3.05) is 19.1 Å². The lowest BCUT2D eigenvalue weighted by Gasteiger charge is -2.45. The molecule has 146 valence electrons. The monoisotopic (exact) mass is 464 g/mol. The smallest absolute Gasteiger partial charge is 0.315 e. The lowest BCUT2D eigenvalue weighted by Crippen LogP contribution is -2.58. The number of nitro benzene ring substituents is 1. The van der Waals surface area contributed by atoms with Crippen LogP contribution in [0.15, 0.2) is 34.8 Å². The molecule has 1 atom stereocenters. The van der Waals surface area contributed by atoms with Crippen LogP contribution in [0.3, 0.4) is 0 Å². The fourth-order valence-corrected chi connectivity index (χ4v) is 4.92. The van der Waals surface area contributed by atoms with E-state index in [0.29, 0.717) is 20.8 Å². The number of halogens is 2. The number of nitro groups is 1. The van der Waals surface area contributed by atoms with Crippen LogP contribution in [0.4, 0.5) is 11.4 Å². The predicted octanol–water partition coefficient (Wildman–Crippen LogP) is 5.55. The van der Waals surface area contributed by atoms with Gasteiger partial charge in [-0.15, -0.1) is 0 Å². The molecule has 0 radical (unpaired) electrons. The largest absolute Gasteiger partial charge is 0.495 e. The van der Waals surface area contributed by atoms with Crippen LogP contribution in [0.1, 0.15) is 25.0 Å². The van der Waals surface area contributed by atoms with Gasteiger partial charge in [0.15, 0.2) is 0 Å². The molecule has 0 N–H and O–H groups in total. The van der Waals surface area contributed by atoms with Gasteiger partial charge in [-0.1, -0.05) is 11.6 Å². The van der Waals surface area contributed by atoms with Crippen molar-refractivity contribution < 1.29 is 14.4 Å². The first-order valence-corrected chi connectivity index (χ1v) is 9.78. The maximum atomic E-state index is 11.8. The van der Waals surface area contributed by atoms with Gasteiger partial charge in [-0.3, -0.25) is 10.1 Å². The van der Waals surface area contributed by atoms with Gasteiger partial charge in [0.2, 0.25) is 11.5 Å². The Morgan fingerprint density at radius 3 is 2.68 bits per heavy atom. The molecule has 2 aliphatic heterocycles. The minimum Gasteiger partial charge on any atom is -0.495 e. The van der Waals surface area contributed by atoms with Gasteiger partial charge in [0, 0.05) is 23.3 Å². The molecule has 0 amide bonds. The molecule has 6 nitrogen and oxygen atoms in total. The van der Waals surface area contributed by atoms with Crippen LogP contribution < -0.4 is 14.4 Å². The van der Waals surface area contributed by atoms with Crippen molar-refractivity contribution in [1.82, 2.24) is 0 Å². The van der Waals surface area contributed by atoms with Crippen molar-refractivity contribution in [3.05, 3.63) is 61.1 Å². The second-order valence-corrected chi connectivity index (χ2v) is 8.62. The highest BCUT2D eigenvalue weighted by Gasteiger charge is 2.58. The number of hydrogen-bond donors (Lipinski definition) is 0. The third kappa shape index (κ3) is 2.32. The van der Waals surface area contributed by atoms with Gasteiger partial charge in [0.25, 0.3) is 0 Å². The number of nitrogens with zero attached hydrogens (tertiary/aromatic N) is 2. The van der Waals surface area contributed by atoms with Gasteiger partial charge >= 0.3 is 5.69 Å². The quantitative estimate of drug-likeness (QED) is 0.430. The van der Waals surface area contributed by atoms with Crippen LogP contribution in [0.2, 0.25) is 5.02 Å². The van der Waals surface area contributed by atoms with Crippen molar-refractivity contribution in [2.45, 2.75) is 25.0 Å². The standard InChI is InChI=1S/C20H18BrClN2O4/c1-19(2)13-9-11(22)5-6-14(13)23(3)20(19)8-7-12-17(21)16(27-4)10-15(24(25)26)18(12)28-20/h5-10H,1-4H3. The van der Waals surface area contributed by atoms with Crippen LogP contribution in [0.25, 0.3) is 6.08 Å². The van der Waals surface area contributed by atoms with E-state index in [1.54, 1.807) is 0 Å². The molecule has 1 unspecified atom stereocenters. The zero-order valence-electron chi connectivity index (χ0n) is 15.7. The Balaban J connectivity index is 1.95. The fourth-order valence-electron chi connectivity index (χ4n) is 4.16. The molecule has 4 rings (SSSR count). The van der Waals surface area contributed by atoms with Crippen molar-refractivity contribution in [3.63, 3.8) is 0 Å². The number of benzene rings is 2.